The zero-order chi connectivity index (χ0) is 14.4. The Hall–Kier alpha value is -1.38. The molecule has 0 saturated heterocycles. The molecule has 0 bridgehead atoms. The van der Waals surface area contributed by atoms with Crippen LogP contribution in [0.2, 0.25) is 0 Å². The molecule has 1 aliphatic rings. The molecule has 106 valence electrons. The number of nitrogens with one attached hydrogen (secondary N) is 1. The Morgan fingerprint density at radius 1 is 1.47 bits per heavy atom. The standard InChI is InChI=1S/C10H12F3N3O2S/c1-9(2)4-5(15-18-9)19-6-7(10(11,12)13)14-16(3)8(6)17/h14H,4H2,1-3H3. The predicted molar refractivity (Wildman–Crippen MR) is 64.1 cm³/mol. The summed E-state index contributed by atoms with van der Waals surface area (Å²) < 4.78 is 39.2. The first kappa shape index (κ1) is 14.0. The van der Waals surface area contributed by atoms with E-state index in [0.29, 0.717) is 23.2 Å². The van der Waals surface area contributed by atoms with Gasteiger partial charge in [0.05, 0.1) is 0 Å². The molecule has 1 aromatic heterocycles. The van der Waals surface area contributed by atoms with Crippen molar-refractivity contribution in [3.8, 4) is 0 Å². The maximum atomic E-state index is 12.8. The maximum Gasteiger partial charge on any atom is 0.434 e. The fourth-order valence-corrected chi connectivity index (χ4v) is 2.81. The third-order valence-corrected chi connectivity index (χ3v) is 3.52. The molecule has 0 unspecified atom stereocenters. The van der Waals surface area contributed by atoms with Crippen molar-refractivity contribution in [3.63, 3.8) is 0 Å². The van der Waals surface area contributed by atoms with Gasteiger partial charge in [-0.1, -0.05) is 16.9 Å². The molecule has 1 aromatic rings. The van der Waals surface area contributed by atoms with Gasteiger partial charge in [-0.3, -0.25) is 14.6 Å². The van der Waals surface area contributed by atoms with Crippen molar-refractivity contribution in [3.05, 3.63) is 16.0 Å². The van der Waals surface area contributed by atoms with Gasteiger partial charge in [-0.25, -0.2) is 0 Å². The van der Waals surface area contributed by atoms with E-state index < -0.39 is 27.9 Å². The molecule has 1 aliphatic heterocycles. The number of alkyl halides is 3. The van der Waals surface area contributed by atoms with E-state index in [1.165, 1.54) is 7.05 Å². The van der Waals surface area contributed by atoms with Crippen LogP contribution < -0.4 is 5.56 Å². The minimum atomic E-state index is -4.61. The molecule has 2 rings (SSSR count). The number of aryl methyl sites for hydroxylation is 1. The number of aromatic nitrogens is 2. The van der Waals surface area contributed by atoms with E-state index in [2.05, 4.69) is 5.16 Å². The summed E-state index contributed by atoms with van der Waals surface area (Å²) in [7, 11) is 1.23. The Kier molecular flexibility index (Phi) is 3.20. The highest BCUT2D eigenvalue weighted by Gasteiger charge is 2.39. The number of H-pyrrole nitrogens is 1. The van der Waals surface area contributed by atoms with E-state index in [1.807, 2.05) is 5.10 Å². The zero-order valence-electron chi connectivity index (χ0n) is 10.5. The van der Waals surface area contributed by atoms with Crippen molar-refractivity contribution in [2.75, 3.05) is 0 Å². The minimum Gasteiger partial charge on any atom is -0.389 e. The van der Waals surface area contributed by atoms with Crippen LogP contribution in [0.3, 0.4) is 0 Å². The quantitative estimate of drug-likeness (QED) is 0.865. The van der Waals surface area contributed by atoms with E-state index in [4.69, 9.17) is 4.84 Å². The SMILES string of the molecule is Cn1[nH]c(C(F)(F)F)c(SC2=NOC(C)(C)C2)c1=O. The Bertz CT molecular complexity index is 586. The first-order chi connectivity index (χ1) is 8.60. The van der Waals surface area contributed by atoms with Gasteiger partial charge in [-0.2, -0.15) is 13.2 Å². The topological polar surface area (TPSA) is 59.4 Å². The van der Waals surface area contributed by atoms with Crippen LogP contribution in [0.4, 0.5) is 13.2 Å². The number of thioether (sulfide) groups is 1. The van der Waals surface area contributed by atoms with Gasteiger partial charge < -0.3 is 4.84 Å². The summed E-state index contributed by atoms with van der Waals surface area (Å²) in [5.41, 5.74) is -2.34. The number of hydrogen-bond acceptors (Lipinski definition) is 4. The van der Waals surface area contributed by atoms with Crippen molar-refractivity contribution in [2.45, 2.75) is 36.9 Å². The highest BCUT2D eigenvalue weighted by atomic mass is 32.2. The maximum absolute atomic E-state index is 12.8. The van der Waals surface area contributed by atoms with Gasteiger partial charge in [0.1, 0.15) is 15.5 Å². The van der Waals surface area contributed by atoms with Crippen LogP contribution >= 0.6 is 11.8 Å². The molecule has 0 radical (unpaired) electrons. The zero-order valence-corrected chi connectivity index (χ0v) is 11.3. The minimum absolute atomic E-state index is 0.354. The molecule has 19 heavy (non-hydrogen) atoms. The highest BCUT2D eigenvalue weighted by Crippen LogP contribution is 2.37. The smallest absolute Gasteiger partial charge is 0.389 e. The summed E-state index contributed by atoms with van der Waals surface area (Å²) in [4.78, 5) is 16.4. The second kappa shape index (κ2) is 4.32. The first-order valence-corrected chi connectivity index (χ1v) is 6.21. The fraction of sp³-hybridized carbons (Fsp3) is 0.600. The third-order valence-electron chi connectivity index (χ3n) is 2.48. The number of aromatic amines is 1. The molecule has 5 nitrogen and oxygen atoms in total. The van der Waals surface area contributed by atoms with Crippen molar-refractivity contribution in [2.24, 2.45) is 12.2 Å². The van der Waals surface area contributed by atoms with Crippen LogP contribution in [0, 0.1) is 0 Å². The lowest BCUT2D eigenvalue weighted by atomic mass is 10.1. The van der Waals surface area contributed by atoms with E-state index in [-0.39, 0.29) is 0 Å². The van der Waals surface area contributed by atoms with E-state index in [0.717, 1.165) is 4.68 Å². The summed E-state index contributed by atoms with van der Waals surface area (Å²) in [5.74, 6) is 0. The van der Waals surface area contributed by atoms with Crippen LogP contribution in [-0.4, -0.2) is 20.4 Å². The van der Waals surface area contributed by atoms with Gasteiger partial charge in [-0.05, 0) is 13.8 Å². The van der Waals surface area contributed by atoms with Gasteiger partial charge in [0.2, 0.25) is 0 Å². The predicted octanol–water partition coefficient (Wildman–Crippen LogP) is 2.34. The number of nitrogens with zero attached hydrogens (tertiary/aromatic N) is 2. The normalized spacial score (nSPS) is 18.3. The molecular formula is C10H12F3N3O2S. The number of halogens is 3. The van der Waals surface area contributed by atoms with Crippen LogP contribution in [0.5, 0.6) is 0 Å². The second-order valence-corrected chi connectivity index (χ2v) is 5.88. The fourth-order valence-electron chi connectivity index (χ4n) is 1.59. The highest BCUT2D eigenvalue weighted by molar-refractivity contribution is 8.14. The Balaban J connectivity index is 2.34. The van der Waals surface area contributed by atoms with Crippen molar-refractivity contribution in [1.82, 2.24) is 9.78 Å². The van der Waals surface area contributed by atoms with Gasteiger partial charge in [-0.15, -0.1) is 0 Å². The van der Waals surface area contributed by atoms with Crippen LogP contribution in [-0.2, 0) is 18.1 Å². The molecule has 0 amide bonds. The van der Waals surface area contributed by atoms with Crippen LogP contribution in [0.15, 0.2) is 14.8 Å². The number of hydrogen-bond donors (Lipinski definition) is 1. The lowest BCUT2D eigenvalue weighted by Gasteiger charge is -2.13. The van der Waals surface area contributed by atoms with Gasteiger partial charge in [0.25, 0.3) is 5.56 Å². The average Bonchev–Trinajstić information content (AvgIpc) is 2.72. The molecule has 0 aliphatic carbocycles. The average molecular weight is 295 g/mol. The van der Waals surface area contributed by atoms with E-state index in [9.17, 15) is 18.0 Å². The second-order valence-electron chi connectivity index (χ2n) is 4.79. The van der Waals surface area contributed by atoms with E-state index >= 15 is 0 Å². The van der Waals surface area contributed by atoms with Gasteiger partial charge >= 0.3 is 6.18 Å². The molecule has 2 heterocycles. The summed E-state index contributed by atoms with van der Waals surface area (Å²) >= 11 is 0.695. The summed E-state index contributed by atoms with van der Waals surface area (Å²) in [6.45, 7) is 3.54. The molecular weight excluding hydrogens is 283 g/mol. The summed E-state index contributed by atoms with van der Waals surface area (Å²) in [6.07, 6.45) is -4.25. The van der Waals surface area contributed by atoms with Gasteiger partial charge in [0, 0.05) is 13.5 Å². The Morgan fingerprint density at radius 2 is 2.11 bits per heavy atom. The number of oxime groups is 1. The Labute approximate surface area is 110 Å². The molecule has 9 heteroatoms. The largest absolute Gasteiger partial charge is 0.434 e. The summed E-state index contributed by atoms with van der Waals surface area (Å²) in [6, 6.07) is 0. The molecule has 0 atom stereocenters. The molecule has 1 N–H and O–H groups in total. The summed E-state index contributed by atoms with van der Waals surface area (Å²) in [5, 5.41) is 6.07. The lowest BCUT2D eigenvalue weighted by Crippen LogP contribution is -2.19. The third kappa shape index (κ3) is 2.80. The van der Waals surface area contributed by atoms with Gasteiger partial charge in [0.15, 0.2) is 5.69 Å². The van der Waals surface area contributed by atoms with Crippen molar-refractivity contribution < 1.29 is 18.0 Å². The van der Waals surface area contributed by atoms with Crippen LogP contribution in [0.1, 0.15) is 26.0 Å². The monoisotopic (exact) mass is 295 g/mol. The first-order valence-electron chi connectivity index (χ1n) is 5.39. The lowest BCUT2D eigenvalue weighted by molar-refractivity contribution is -0.143. The number of rotatable bonds is 1. The van der Waals surface area contributed by atoms with E-state index in [1.54, 1.807) is 13.8 Å². The van der Waals surface area contributed by atoms with Crippen molar-refractivity contribution >= 4 is 16.8 Å². The Morgan fingerprint density at radius 3 is 2.58 bits per heavy atom. The van der Waals surface area contributed by atoms with Crippen LogP contribution in [0.25, 0.3) is 0 Å². The molecule has 0 spiro atoms. The van der Waals surface area contributed by atoms with Crippen molar-refractivity contribution in [1.29, 1.82) is 0 Å². The molecule has 0 fully saturated rings. The molecule has 0 saturated carbocycles. The molecule has 0 aromatic carbocycles.